The van der Waals surface area contributed by atoms with Gasteiger partial charge in [-0.1, -0.05) is 0 Å². The van der Waals surface area contributed by atoms with Crippen molar-refractivity contribution in [3.05, 3.63) is 47.5 Å². The van der Waals surface area contributed by atoms with Gasteiger partial charge in [0.15, 0.2) is 0 Å². The van der Waals surface area contributed by atoms with Crippen molar-refractivity contribution in [2.24, 2.45) is 5.73 Å². The highest BCUT2D eigenvalue weighted by atomic mass is 19.1. The van der Waals surface area contributed by atoms with E-state index in [2.05, 4.69) is 5.10 Å². The van der Waals surface area contributed by atoms with Gasteiger partial charge in [-0.2, -0.15) is 5.10 Å². The van der Waals surface area contributed by atoms with E-state index in [-0.39, 0.29) is 18.0 Å². The summed E-state index contributed by atoms with van der Waals surface area (Å²) in [4.78, 5) is 0. The lowest BCUT2D eigenvalue weighted by Gasteiger charge is -2.29. The van der Waals surface area contributed by atoms with E-state index < -0.39 is 0 Å². The second-order valence-electron chi connectivity index (χ2n) is 4.76. The maximum atomic E-state index is 13.2. The first-order valence-corrected chi connectivity index (χ1v) is 6.41. The molecule has 19 heavy (non-hydrogen) atoms. The van der Waals surface area contributed by atoms with Crippen molar-refractivity contribution in [3.8, 4) is 5.75 Å². The number of aromatic nitrogens is 2. The average molecular weight is 261 g/mol. The predicted molar refractivity (Wildman–Crippen MR) is 69.2 cm³/mol. The van der Waals surface area contributed by atoms with E-state index in [1.807, 2.05) is 17.8 Å². The highest BCUT2D eigenvalue weighted by Gasteiger charge is 2.28. The van der Waals surface area contributed by atoms with Gasteiger partial charge in [-0.05, 0) is 25.1 Å². The lowest BCUT2D eigenvalue weighted by Crippen LogP contribution is -2.24. The summed E-state index contributed by atoms with van der Waals surface area (Å²) in [5, 5.41) is 4.24. The standard InChI is InChI=1S/C14H16FN3O/c1-2-18-8-9(7-17-18)14-6-12(16)11-5-10(15)3-4-13(11)19-14/h3-5,7-8,12,14H,2,6,16H2,1H3/t12-,14?/m1/s1. The van der Waals surface area contributed by atoms with Crippen LogP contribution in [0, 0.1) is 5.82 Å². The molecule has 0 saturated heterocycles. The first-order chi connectivity index (χ1) is 9.17. The Kier molecular flexibility index (Phi) is 2.98. The largest absolute Gasteiger partial charge is 0.485 e. The number of hydrogen-bond donors (Lipinski definition) is 1. The molecule has 4 nitrogen and oxygen atoms in total. The molecule has 5 heteroatoms. The summed E-state index contributed by atoms with van der Waals surface area (Å²) < 4.78 is 21.0. The minimum absolute atomic E-state index is 0.117. The molecule has 1 unspecified atom stereocenters. The van der Waals surface area contributed by atoms with Crippen LogP contribution in [-0.2, 0) is 6.54 Å². The highest BCUT2D eigenvalue weighted by Crippen LogP contribution is 2.39. The van der Waals surface area contributed by atoms with Crippen molar-refractivity contribution in [3.63, 3.8) is 0 Å². The maximum absolute atomic E-state index is 13.2. The third kappa shape index (κ3) is 2.21. The molecule has 1 aliphatic heterocycles. The first kappa shape index (κ1) is 12.2. The number of hydrogen-bond acceptors (Lipinski definition) is 3. The third-order valence-electron chi connectivity index (χ3n) is 3.46. The van der Waals surface area contributed by atoms with Crippen molar-refractivity contribution in [2.45, 2.75) is 32.0 Å². The van der Waals surface area contributed by atoms with E-state index in [1.165, 1.54) is 12.1 Å². The van der Waals surface area contributed by atoms with Crippen LogP contribution in [0.5, 0.6) is 5.75 Å². The summed E-state index contributed by atoms with van der Waals surface area (Å²) in [6, 6.07) is 4.27. The average Bonchev–Trinajstić information content (AvgIpc) is 2.88. The van der Waals surface area contributed by atoms with Crippen LogP contribution in [-0.4, -0.2) is 9.78 Å². The van der Waals surface area contributed by atoms with E-state index in [0.29, 0.717) is 12.2 Å². The Morgan fingerprint density at radius 3 is 3.11 bits per heavy atom. The van der Waals surface area contributed by atoms with Gasteiger partial charge in [-0.3, -0.25) is 4.68 Å². The fraction of sp³-hybridized carbons (Fsp3) is 0.357. The normalized spacial score (nSPS) is 21.8. The first-order valence-electron chi connectivity index (χ1n) is 6.41. The second kappa shape index (κ2) is 4.66. The number of benzene rings is 1. The molecular weight excluding hydrogens is 245 g/mol. The molecule has 0 saturated carbocycles. The smallest absolute Gasteiger partial charge is 0.129 e. The third-order valence-corrected chi connectivity index (χ3v) is 3.46. The van der Waals surface area contributed by atoms with Crippen LogP contribution in [0.4, 0.5) is 4.39 Å². The SMILES string of the molecule is CCn1cc(C2C[C@@H](N)c3cc(F)ccc3O2)cn1. The molecule has 1 aromatic heterocycles. The molecule has 0 spiro atoms. The number of fused-ring (bicyclic) bond motifs is 1. The summed E-state index contributed by atoms with van der Waals surface area (Å²) in [7, 11) is 0. The molecule has 2 aromatic rings. The quantitative estimate of drug-likeness (QED) is 0.904. The minimum atomic E-state index is -0.282. The fourth-order valence-electron chi connectivity index (χ4n) is 2.40. The zero-order valence-electron chi connectivity index (χ0n) is 10.7. The van der Waals surface area contributed by atoms with Crippen LogP contribution in [0.1, 0.15) is 36.6 Å². The van der Waals surface area contributed by atoms with Crippen LogP contribution in [0.15, 0.2) is 30.6 Å². The molecule has 0 amide bonds. The Morgan fingerprint density at radius 2 is 2.37 bits per heavy atom. The maximum Gasteiger partial charge on any atom is 0.129 e. The Labute approximate surface area is 111 Å². The van der Waals surface area contributed by atoms with Gasteiger partial charge >= 0.3 is 0 Å². The van der Waals surface area contributed by atoms with E-state index in [9.17, 15) is 4.39 Å². The van der Waals surface area contributed by atoms with Crippen molar-refractivity contribution in [1.29, 1.82) is 0 Å². The van der Waals surface area contributed by atoms with Gasteiger partial charge in [-0.25, -0.2) is 4.39 Å². The molecule has 0 radical (unpaired) electrons. The summed E-state index contributed by atoms with van der Waals surface area (Å²) >= 11 is 0. The molecule has 0 aliphatic carbocycles. The number of rotatable bonds is 2. The molecule has 1 aromatic carbocycles. The van der Waals surface area contributed by atoms with Gasteiger partial charge in [0, 0.05) is 36.3 Å². The van der Waals surface area contributed by atoms with Crippen LogP contribution >= 0.6 is 0 Å². The molecular formula is C14H16FN3O. The summed E-state index contributed by atoms with van der Waals surface area (Å²) in [5.74, 6) is 0.379. The van der Waals surface area contributed by atoms with Gasteiger partial charge in [0.2, 0.25) is 0 Å². The number of halogens is 1. The van der Waals surface area contributed by atoms with Crippen LogP contribution in [0.2, 0.25) is 0 Å². The van der Waals surface area contributed by atoms with Crippen LogP contribution in [0.3, 0.4) is 0 Å². The Hall–Kier alpha value is -1.88. The molecule has 3 rings (SSSR count). The minimum Gasteiger partial charge on any atom is -0.485 e. The van der Waals surface area contributed by atoms with Crippen molar-refractivity contribution < 1.29 is 9.13 Å². The van der Waals surface area contributed by atoms with Crippen molar-refractivity contribution in [1.82, 2.24) is 9.78 Å². The van der Waals surface area contributed by atoms with Crippen molar-refractivity contribution >= 4 is 0 Å². The van der Waals surface area contributed by atoms with E-state index in [0.717, 1.165) is 17.7 Å². The predicted octanol–water partition coefficient (Wildman–Crippen LogP) is 2.57. The molecule has 1 aliphatic rings. The fourth-order valence-corrected chi connectivity index (χ4v) is 2.40. The Bertz CT molecular complexity index is 596. The van der Waals surface area contributed by atoms with Gasteiger partial charge in [0.05, 0.1) is 6.20 Å². The number of aryl methyl sites for hydroxylation is 1. The van der Waals surface area contributed by atoms with Crippen molar-refractivity contribution in [2.75, 3.05) is 0 Å². The van der Waals surface area contributed by atoms with E-state index in [1.54, 1.807) is 12.3 Å². The number of nitrogens with zero attached hydrogens (tertiary/aromatic N) is 2. The van der Waals surface area contributed by atoms with E-state index in [4.69, 9.17) is 10.5 Å². The summed E-state index contributed by atoms with van der Waals surface area (Å²) in [5.41, 5.74) is 7.85. The van der Waals surface area contributed by atoms with Crippen LogP contribution in [0.25, 0.3) is 0 Å². The van der Waals surface area contributed by atoms with Crippen LogP contribution < -0.4 is 10.5 Å². The Morgan fingerprint density at radius 1 is 1.53 bits per heavy atom. The second-order valence-corrected chi connectivity index (χ2v) is 4.76. The molecule has 2 atom stereocenters. The monoisotopic (exact) mass is 261 g/mol. The van der Waals surface area contributed by atoms with Gasteiger partial charge in [-0.15, -0.1) is 0 Å². The highest BCUT2D eigenvalue weighted by molar-refractivity contribution is 5.39. The lowest BCUT2D eigenvalue weighted by atomic mass is 9.95. The molecule has 2 heterocycles. The van der Waals surface area contributed by atoms with Gasteiger partial charge in [0.1, 0.15) is 17.7 Å². The summed E-state index contributed by atoms with van der Waals surface area (Å²) in [6.07, 6.45) is 4.28. The molecule has 100 valence electrons. The topological polar surface area (TPSA) is 53.1 Å². The van der Waals surface area contributed by atoms with E-state index >= 15 is 0 Å². The zero-order valence-corrected chi connectivity index (χ0v) is 10.7. The van der Waals surface area contributed by atoms with Gasteiger partial charge in [0.25, 0.3) is 0 Å². The molecule has 0 bridgehead atoms. The lowest BCUT2D eigenvalue weighted by molar-refractivity contribution is 0.161. The Balaban J connectivity index is 1.90. The number of nitrogens with two attached hydrogens (primary N) is 1. The van der Waals surface area contributed by atoms with Gasteiger partial charge < -0.3 is 10.5 Å². The summed E-state index contributed by atoms with van der Waals surface area (Å²) in [6.45, 7) is 2.85. The zero-order chi connectivity index (χ0) is 13.4. The molecule has 0 fully saturated rings. The molecule has 2 N–H and O–H groups in total. The number of ether oxygens (including phenoxy) is 1.